The van der Waals surface area contributed by atoms with Crippen molar-refractivity contribution in [3.8, 4) is 11.5 Å². The minimum Gasteiger partial charge on any atom is -0.493 e. The Hall–Kier alpha value is -3.38. The molecule has 11 nitrogen and oxygen atoms in total. The number of furan rings is 1. The third kappa shape index (κ3) is 5.65. The van der Waals surface area contributed by atoms with Crippen molar-refractivity contribution in [2.75, 3.05) is 20.8 Å². The molecule has 0 saturated carbocycles. The molecule has 6 unspecified atom stereocenters. The maximum Gasteiger partial charge on any atom is 0.330 e. The van der Waals surface area contributed by atoms with Crippen LogP contribution in [0.3, 0.4) is 0 Å². The van der Waals surface area contributed by atoms with Gasteiger partial charge in [0, 0.05) is 13.0 Å². The molecule has 1 aromatic heterocycles. The zero-order valence-corrected chi connectivity index (χ0v) is 19.4. The van der Waals surface area contributed by atoms with Crippen LogP contribution in [-0.4, -0.2) is 68.5 Å². The topological polar surface area (TPSA) is 135 Å². The number of aliphatic hydroxyl groups excluding tert-OH is 1. The van der Waals surface area contributed by atoms with Gasteiger partial charge in [-0.05, 0) is 35.9 Å². The second-order valence-corrected chi connectivity index (χ2v) is 7.93. The van der Waals surface area contributed by atoms with E-state index in [1.807, 2.05) is 0 Å². The first kappa shape index (κ1) is 24.7. The third-order valence-electron chi connectivity index (χ3n) is 5.55. The van der Waals surface area contributed by atoms with E-state index in [9.17, 15) is 14.7 Å². The van der Waals surface area contributed by atoms with Gasteiger partial charge in [0.15, 0.2) is 17.3 Å². The van der Waals surface area contributed by atoms with E-state index in [2.05, 4.69) is 10.1 Å². The molecule has 2 aliphatic rings. The van der Waals surface area contributed by atoms with E-state index in [4.69, 9.17) is 28.1 Å². The minimum atomic E-state index is -1.17. The Morgan fingerprint density at radius 2 is 2.00 bits per heavy atom. The van der Waals surface area contributed by atoms with Gasteiger partial charge in [-0.2, -0.15) is 0 Å². The number of aliphatic hydroxyl groups is 1. The molecule has 35 heavy (non-hydrogen) atoms. The van der Waals surface area contributed by atoms with Crippen LogP contribution in [0.2, 0.25) is 0 Å². The van der Waals surface area contributed by atoms with Crippen LogP contribution in [-0.2, 0) is 28.5 Å². The third-order valence-corrected chi connectivity index (χ3v) is 5.55. The predicted octanol–water partition coefficient (Wildman–Crippen LogP) is 1.56. The van der Waals surface area contributed by atoms with Crippen LogP contribution in [0.4, 0.5) is 0 Å². The van der Waals surface area contributed by atoms with E-state index >= 15 is 0 Å². The van der Waals surface area contributed by atoms with Crippen LogP contribution in [0, 0.1) is 0 Å². The lowest BCUT2D eigenvalue weighted by Crippen LogP contribution is -2.67. The van der Waals surface area contributed by atoms with Crippen LogP contribution >= 0.6 is 0 Å². The molecule has 6 atom stereocenters. The zero-order chi connectivity index (χ0) is 24.9. The number of ether oxygens (including phenoxy) is 6. The van der Waals surface area contributed by atoms with Gasteiger partial charge in [0.1, 0.15) is 24.4 Å². The van der Waals surface area contributed by atoms with Gasteiger partial charge < -0.3 is 43.3 Å². The lowest BCUT2D eigenvalue weighted by atomic mass is 9.96. The summed E-state index contributed by atoms with van der Waals surface area (Å²) in [6.07, 6.45) is -0.188. The Bertz CT molecular complexity index is 1050. The van der Waals surface area contributed by atoms with Gasteiger partial charge in [0.2, 0.25) is 18.5 Å². The number of hydrogen-bond donors (Lipinski definition) is 2. The van der Waals surface area contributed by atoms with Crippen LogP contribution < -0.4 is 14.8 Å². The van der Waals surface area contributed by atoms with Gasteiger partial charge in [0.25, 0.3) is 0 Å². The van der Waals surface area contributed by atoms with Gasteiger partial charge >= 0.3 is 5.97 Å². The molecule has 0 spiro atoms. The summed E-state index contributed by atoms with van der Waals surface area (Å²) in [6.45, 7) is 1.43. The molecule has 11 heteroatoms. The molecule has 0 bridgehead atoms. The summed E-state index contributed by atoms with van der Waals surface area (Å²) in [5, 5.41) is 13.8. The lowest BCUT2D eigenvalue weighted by molar-refractivity contribution is -0.336. The fourth-order valence-electron chi connectivity index (χ4n) is 3.89. The predicted molar refractivity (Wildman–Crippen MR) is 119 cm³/mol. The largest absolute Gasteiger partial charge is 0.493 e. The van der Waals surface area contributed by atoms with E-state index in [-0.39, 0.29) is 12.5 Å². The Labute approximate surface area is 201 Å². The molecule has 3 heterocycles. The number of fused-ring (bicyclic) bond motifs is 1. The number of nitrogens with one attached hydrogen (secondary N) is 1. The molecule has 4 rings (SSSR count). The van der Waals surface area contributed by atoms with E-state index in [1.165, 1.54) is 33.5 Å². The number of carbonyl (C=O) groups excluding carboxylic acids is 2. The minimum absolute atomic E-state index is 0.105. The second kappa shape index (κ2) is 10.9. The van der Waals surface area contributed by atoms with Crippen molar-refractivity contribution in [2.45, 2.75) is 43.9 Å². The average Bonchev–Trinajstić information content (AvgIpc) is 3.40. The van der Waals surface area contributed by atoms with Crippen molar-refractivity contribution in [1.82, 2.24) is 5.32 Å². The molecular weight excluding hydrogens is 462 g/mol. The molecule has 2 fully saturated rings. The van der Waals surface area contributed by atoms with Gasteiger partial charge in [-0.15, -0.1) is 0 Å². The maximum absolute atomic E-state index is 11.9. The number of methoxy groups -OCH3 is 2. The molecule has 0 aliphatic carbocycles. The smallest absolute Gasteiger partial charge is 0.330 e. The molecule has 2 N–H and O–H groups in total. The standard InChI is InChI=1S/C24H27NO10/c1-13(26)25-20-21(28)22-18(12-32-23(35-22)16-5-4-10-31-16)34-24(20)33-15-8-6-14(11-17(15)29-2)7-9-19(27)30-3/h4-11,18,20-24,28H,12H2,1-3H3,(H,25,26). The highest BCUT2D eigenvalue weighted by Crippen LogP contribution is 2.37. The van der Waals surface area contributed by atoms with Gasteiger partial charge in [0.05, 0.1) is 27.1 Å². The molecule has 1 aromatic carbocycles. The van der Waals surface area contributed by atoms with Crippen LogP contribution in [0.5, 0.6) is 11.5 Å². The molecule has 2 saturated heterocycles. The van der Waals surface area contributed by atoms with Crippen molar-refractivity contribution in [3.63, 3.8) is 0 Å². The van der Waals surface area contributed by atoms with Crippen molar-refractivity contribution in [1.29, 1.82) is 0 Å². The average molecular weight is 489 g/mol. The van der Waals surface area contributed by atoms with Gasteiger partial charge in [-0.1, -0.05) is 6.07 Å². The number of hydrogen-bond acceptors (Lipinski definition) is 10. The monoisotopic (exact) mass is 489 g/mol. The van der Waals surface area contributed by atoms with Crippen molar-refractivity contribution in [3.05, 3.63) is 54.0 Å². The van der Waals surface area contributed by atoms with E-state index in [0.29, 0.717) is 22.8 Å². The Balaban J connectivity index is 1.53. The summed E-state index contributed by atoms with van der Waals surface area (Å²) >= 11 is 0. The quantitative estimate of drug-likeness (QED) is 0.436. The number of benzene rings is 1. The summed E-state index contributed by atoms with van der Waals surface area (Å²) in [6, 6.07) is 7.44. The summed E-state index contributed by atoms with van der Waals surface area (Å²) in [7, 11) is 2.75. The molecular formula is C24H27NO10. The fourth-order valence-corrected chi connectivity index (χ4v) is 3.89. The lowest BCUT2D eigenvalue weighted by Gasteiger charge is -2.47. The first-order valence-electron chi connectivity index (χ1n) is 10.9. The summed E-state index contributed by atoms with van der Waals surface area (Å²) in [5.41, 5.74) is 0.667. The first-order chi connectivity index (χ1) is 16.9. The Morgan fingerprint density at radius 1 is 1.17 bits per heavy atom. The maximum atomic E-state index is 11.9. The number of esters is 1. The highest BCUT2D eigenvalue weighted by Gasteiger charge is 2.51. The Kier molecular flexibility index (Phi) is 7.71. The van der Waals surface area contributed by atoms with Crippen molar-refractivity contribution < 1.29 is 47.5 Å². The van der Waals surface area contributed by atoms with Crippen LogP contribution in [0.1, 0.15) is 24.5 Å². The molecule has 0 radical (unpaired) electrons. The van der Waals surface area contributed by atoms with E-state index in [1.54, 1.807) is 36.4 Å². The van der Waals surface area contributed by atoms with Gasteiger partial charge in [-0.25, -0.2) is 4.79 Å². The molecule has 188 valence electrons. The van der Waals surface area contributed by atoms with Crippen LogP contribution in [0.15, 0.2) is 47.1 Å². The SMILES string of the molecule is COC(=O)C=Cc1ccc(OC2OC3COC(c4ccco4)OC3C(O)C2NC(C)=O)c(OC)c1. The second-order valence-electron chi connectivity index (χ2n) is 7.93. The van der Waals surface area contributed by atoms with Crippen molar-refractivity contribution in [2.24, 2.45) is 0 Å². The molecule has 2 aromatic rings. The fraction of sp³-hybridized carbons (Fsp3) is 0.417. The highest BCUT2D eigenvalue weighted by atomic mass is 16.8. The Morgan fingerprint density at radius 3 is 2.69 bits per heavy atom. The summed E-state index contributed by atoms with van der Waals surface area (Å²) < 4.78 is 39.1. The van der Waals surface area contributed by atoms with Crippen molar-refractivity contribution >= 4 is 18.0 Å². The number of carbonyl (C=O) groups is 2. The normalized spacial score (nSPS) is 28.2. The van der Waals surface area contributed by atoms with E-state index in [0.717, 1.165) is 0 Å². The summed E-state index contributed by atoms with van der Waals surface area (Å²) in [5.74, 6) is 0.242. The number of amides is 1. The van der Waals surface area contributed by atoms with Crippen LogP contribution in [0.25, 0.3) is 6.08 Å². The summed E-state index contributed by atoms with van der Waals surface area (Å²) in [4.78, 5) is 23.3. The zero-order valence-electron chi connectivity index (χ0n) is 19.4. The highest BCUT2D eigenvalue weighted by molar-refractivity contribution is 5.87. The first-order valence-corrected chi connectivity index (χ1v) is 10.9. The van der Waals surface area contributed by atoms with Gasteiger partial charge in [-0.3, -0.25) is 4.79 Å². The number of rotatable bonds is 7. The molecule has 2 aliphatic heterocycles. The molecule has 1 amide bonds. The van der Waals surface area contributed by atoms with E-state index < -0.39 is 42.9 Å².